The smallest absolute Gasteiger partial charge is 0.150 e. The van der Waals surface area contributed by atoms with Crippen molar-refractivity contribution < 1.29 is 4.52 Å². The molecule has 2 aliphatic heterocycles. The van der Waals surface area contributed by atoms with Crippen LogP contribution in [0.15, 0.2) is 10.6 Å². The van der Waals surface area contributed by atoms with E-state index in [1.807, 2.05) is 13.0 Å². The van der Waals surface area contributed by atoms with Crippen molar-refractivity contribution in [1.29, 1.82) is 0 Å². The monoisotopic (exact) mass is 221 g/mol. The third-order valence-corrected chi connectivity index (χ3v) is 3.80. The number of nitrogens with zero attached hydrogens (tertiary/aromatic N) is 3. The molecule has 2 unspecified atom stereocenters. The molecule has 16 heavy (non-hydrogen) atoms. The highest BCUT2D eigenvalue weighted by molar-refractivity contribution is 5.04. The van der Waals surface area contributed by atoms with Crippen LogP contribution in [0.3, 0.4) is 0 Å². The van der Waals surface area contributed by atoms with Crippen LogP contribution < -0.4 is 0 Å². The van der Waals surface area contributed by atoms with E-state index in [1.165, 1.54) is 26.2 Å². The molecule has 0 bridgehead atoms. The van der Waals surface area contributed by atoms with Crippen LogP contribution in [0.1, 0.15) is 11.5 Å². The Morgan fingerprint density at radius 1 is 1.31 bits per heavy atom. The van der Waals surface area contributed by atoms with Gasteiger partial charge in [-0.3, -0.25) is 4.90 Å². The van der Waals surface area contributed by atoms with Gasteiger partial charge in [-0.25, -0.2) is 0 Å². The molecule has 4 heteroatoms. The summed E-state index contributed by atoms with van der Waals surface area (Å²) in [5.74, 6) is 2.74. The molecule has 0 radical (unpaired) electrons. The highest BCUT2D eigenvalue weighted by atomic mass is 16.5. The summed E-state index contributed by atoms with van der Waals surface area (Å²) < 4.78 is 5.27. The first kappa shape index (κ1) is 10.3. The molecule has 0 saturated carbocycles. The van der Waals surface area contributed by atoms with E-state index in [-0.39, 0.29) is 0 Å². The fourth-order valence-corrected chi connectivity index (χ4v) is 3.17. The molecule has 0 spiro atoms. The lowest BCUT2D eigenvalue weighted by molar-refractivity contribution is 0.241. The fraction of sp³-hybridized carbons (Fsp3) is 0.750. The third kappa shape index (κ3) is 1.87. The second-order valence-corrected chi connectivity index (χ2v) is 5.37. The van der Waals surface area contributed by atoms with E-state index in [4.69, 9.17) is 4.52 Å². The van der Waals surface area contributed by atoms with E-state index < -0.39 is 0 Å². The number of aryl methyl sites for hydroxylation is 1. The number of hydrogen-bond donors (Lipinski definition) is 0. The second-order valence-electron chi connectivity index (χ2n) is 5.37. The van der Waals surface area contributed by atoms with Crippen molar-refractivity contribution in [2.45, 2.75) is 13.5 Å². The number of hydrogen-bond acceptors (Lipinski definition) is 4. The molecular formula is C12H19N3O. The summed E-state index contributed by atoms with van der Waals surface area (Å²) in [6.45, 7) is 7.86. The van der Waals surface area contributed by atoms with Gasteiger partial charge in [-0.1, -0.05) is 5.16 Å². The predicted octanol–water partition coefficient (Wildman–Crippen LogP) is 0.976. The number of fused-ring (bicyclic) bond motifs is 1. The van der Waals surface area contributed by atoms with Gasteiger partial charge >= 0.3 is 0 Å². The van der Waals surface area contributed by atoms with Crippen LogP contribution in [0.5, 0.6) is 0 Å². The van der Waals surface area contributed by atoms with E-state index in [0.717, 1.165) is 29.8 Å². The van der Waals surface area contributed by atoms with Crippen molar-refractivity contribution in [2.24, 2.45) is 11.8 Å². The van der Waals surface area contributed by atoms with Gasteiger partial charge in [-0.2, -0.15) is 0 Å². The molecule has 1 aromatic heterocycles. The van der Waals surface area contributed by atoms with E-state index >= 15 is 0 Å². The molecule has 0 aliphatic carbocycles. The Labute approximate surface area is 96.2 Å². The summed E-state index contributed by atoms with van der Waals surface area (Å²) in [6.07, 6.45) is 0. The van der Waals surface area contributed by atoms with Crippen LogP contribution in [0.25, 0.3) is 0 Å². The average molecular weight is 221 g/mol. The van der Waals surface area contributed by atoms with E-state index in [0.29, 0.717) is 0 Å². The first-order valence-corrected chi connectivity index (χ1v) is 6.04. The molecule has 0 aromatic carbocycles. The molecule has 1 aromatic rings. The number of rotatable bonds is 2. The maximum absolute atomic E-state index is 5.27. The highest BCUT2D eigenvalue weighted by Crippen LogP contribution is 2.30. The Kier molecular flexibility index (Phi) is 2.48. The summed E-state index contributed by atoms with van der Waals surface area (Å²) >= 11 is 0. The van der Waals surface area contributed by atoms with Crippen LogP contribution in [-0.2, 0) is 6.54 Å². The van der Waals surface area contributed by atoms with Gasteiger partial charge in [0, 0.05) is 32.2 Å². The maximum Gasteiger partial charge on any atom is 0.150 e. The summed E-state index contributed by atoms with van der Waals surface area (Å²) in [4.78, 5) is 4.95. The summed E-state index contributed by atoms with van der Waals surface area (Å²) in [7, 11) is 2.22. The van der Waals surface area contributed by atoms with E-state index in [2.05, 4.69) is 22.0 Å². The average Bonchev–Trinajstić information content (AvgIpc) is 2.81. The van der Waals surface area contributed by atoms with Gasteiger partial charge in [-0.05, 0) is 25.8 Å². The minimum Gasteiger partial charge on any atom is -0.360 e. The summed E-state index contributed by atoms with van der Waals surface area (Å²) in [6, 6.07) is 2.04. The molecular weight excluding hydrogens is 202 g/mol. The maximum atomic E-state index is 5.27. The Hall–Kier alpha value is -0.870. The van der Waals surface area contributed by atoms with Crippen LogP contribution in [0.2, 0.25) is 0 Å². The topological polar surface area (TPSA) is 32.5 Å². The van der Waals surface area contributed by atoms with Crippen molar-refractivity contribution in [3.63, 3.8) is 0 Å². The minimum absolute atomic E-state index is 0.869. The lowest BCUT2D eigenvalue weighted by Gasteiger charge is -2.17. The van der Waals surface area contributed by atoms with Gasteiger partial charge in [-0.15, -0.1) is 0 Å². The van der Waals surface area contributed by atoms with Crippen LogP contribution in [0.4, 0.5) is 0 Å². The van der Waals surface area contributed by atoms with Crippen molar-refractivity contribution in [3.8, 4) is 0 Å². The first-order valence-electron chi connectivity index (χ1n) is 6.04. The summed E-state index contributed by atoms with van der Waals surface area (Å²) in [5.41, 5.74) is 0.981. The molecule has 0 N–H and O–H groups in total. The zero-order valence-corrected chi connectivity index (χ0v) is 10.0. The van der Waals surface area contributed by atoms with Gasteiger partial charge in [0.05, 0.1) is 12.2 Å². The van der Waals surface area contributed by atoms with Crippen LogP contribution in [0, 0.1) is 18.8 Å². The zero-order valence-electron chi connectivity index (χ0n) is 10.0. The molecule has 88 valence electrons. The summed E-state index contributed by atoms with van der Waals surface area (Å²) in [5, 5.41) is 3.93. The normalized spacial score (nSPS) is 31.1. The van der Waals surface area contributed by atoms with Crippen molar-refractivity contribution >= 4 is 0 Å². The molecule has 3 rings (SSSR count). The minimum atomic E-state index is 0.869. The molecule has 0 amide bonds. The van der Waals surface area contributed by atoms with Gasteiger partial charge in [0.15, 0.2) is 5.76 Å². The molecule has 2 aliphatic rings. The van der Waals surface area contributed by atoms with Gasteiger partial charge in [0.25, 0.3) is 0 Å². The number of likely N-dealkylation sites (tertiary alicyclic amines) is 2. The standard InChI is InChI=1S/C12H19N3O/c1-9-3-12(16-13-9)8-15-6-10-4-14(2)5-11(10)7-15/h3,10-11H,4-8H2,1-2H3. The molecule has 2 atom stereocenters. The van der Waals surface area contributed by atoms with Gasteiger partial charge in [0.2, 0.25) is 0 Å². The molecule has 3 heterocycles. The molecule has 4 nitrogen and oxygen atoms in total. The lowest BCUT2D eigenvalue weighted by Crippen LogP contribution is -2.26. The molecule has 2 saturated heterocycles. The SMILES string of the molecule is Cc1cc(CN2CC3CN(C)CC3C2)on1. The van der Waals surface area contributed by atoms with Crippen LogP contribution >= 0.6 is 0 Å². The number of aromatic nitrogens is 1. The Balaban J connectivity index is 1.59. The highest BCUT2D eigenvalue weighted by Gasteiger charge is 2.38. The van der Waals surface area contributed by atoms with Gasteiger partial charge in [0.1, 0.15) is 0 Å². The Morgan fingerprint density at radius 3 is 2.56 bits per heavy atom. The Morgan fingerprint density at radius 2 is 2.00 bits per heavy atom. The van der Waals surface area contributed by atoms with Crippen molar-refractivity contribution in [1.82, 2.24) is 15.0 Å². The lowest BCUT2D eigenvalue weighted by atomic mass is 10.0. The van der Waals surface area contributed by atoms with Crippen molar-refractivity contribution in [3.05, 3.63) is 17.5 Å². The molecule has 2 fully saturated rings. The first-order chi connectivity index (χ1) is 7.70. The predicted molar refractivity (Wildman–Crippen MR) is 61.0 cm³/mol. The largest absolute Gasteiger partial charge is 0.360 e. The van der Waals surface area contributed by atoms with Crippen molar-refractivity contribution in [2.75, 3.05) is 33.2 Å². The van der Waals surface area contributed by atoms with E-state index in [1.54, 1.807) is 0 Å². The van der Waals surface area contributed by atoms with Gasteiger partial charge < -0.3 is 9.42 Å². The Bertz CT molecular complexity index is 362. The van der Waals surface area contributed by atoms with E-state index in [9.17, 15) is 0 Å². The zero-order chi connectivity index (χ0) is 11.1. The fourth-order valence-electron chi connectivity index (χ4n) is 3.17. The quantitative estimate of drug-likeness (QED) is 0.745. The second kappa shape index (κ2) is 3.86. The van der Waals surface area contributed by atoms with Crippen LogP contribution in [-0.4, -0.2) is 48.2 Å². The third-order valence-electron chi connectivity index (χ3n) is 3.80.